The van der Waals surface area contributed by atoms with Crippen LogP contribution in [0.15, 0.2) is 60.1 Å². The van der Waals surface area contributed by atoms with Gasteiger partial charge in [-0.3, -0.25) is 9.20 Å². The highest BCUT2D eigenvalue weighted by atomic mass is 32.1. The third kappa shape index (κ3) is 3.66. The Labute approximate surface area is 164 Å². The predicted molar refractivity (Wildman–Crippen MR) is 105 cm³/mol. The maximum atomic E-state index is 13.9. The van der Waals surface area contributed by atoms with E-state index in [9.17, 15) is 13.6 Å². The Kier molecular flexibility index (Phi) is 4.92. The molecule has 4 aromatic rings. The number of hydrogen-bond donors (Lipinski definition) is 1. The van der Waals surface area contributed by atoms with E-state index in [1.807, 2.05) is 46.3 Å². The molecule has 142 valence electrons. The Morgan fingerprint density at radius 3 is 2.75 bits per heavy atom. The van der Waals surface area contributed by atoms with Crippen molar-refractivity contribution in [1.82, 2.24) is 14.7 Å². The van der Waals surface area contributed by atoms with Gasteiger partial charge in [-0.15, -0.1) is 11.3 Å². The van der Waals surface area contributed by atoms with E-state index < -0.39 is 17.7 Å². The molecular formula is C21H17F2N3OS. The van der Waals surface area contributed by atoms with Crippen LogP contribution in [0.25, 0.3) is 16.2 Å². The molecule has 2 aromatic heterocycles. The first-order chi connectivity index (χ1) is 13.5. The smallest absolute Gasteiger partial charge is 0.226 e. The first-order valence-corrected chi connectivity index (χ1v) is 9.64. The Morgan fingerprint density at radius 2 is 2.00 bits per heavy atom. The Morgan fingerprint density at radius 1 is 1.21 bits per heavy atom. The Balaban J connectivity index is 1.50. The SMILES string of the molecule is CC(NC(=O)Cc1csc2nc(-c3ccccc3)cn12)c1ccc(F)cc1F. The molecule has 1 unspecified atom stereocenters. The normalized spacial score (nSPS) is 12.2. The number of benzene rings is 2. The van der Waals surface area contributed by atoms with Gasteiger partial charge in [0.2, 0.25) is 5.91 Å². The minimum absolute atomic E-state index is 0.137. The molecule has 0 aliphatic heterocycles. The molecule has 0 saturated carbocycles. The van der Waals surface area contributed by atoms with Crippen LogP contribution in [0, 0.1) is 11.6 Å². The van der Waals surface area contributed by atoms with Gasteiger partial charge in [0.05, 0.1) is 18.2 Å². The van der Waals surface area contributed by atoms with Crippen molar-refractivity contribution in [3.05, 3.63) is 83.0 Å². The van der Waals surface area contributed by atoms with Gasteiger partial charge in [-0.25, -0.2) is 13.8 Å². The van der Waals surface area contributed by atoms with Gasteiger partial charge in [-0.2, -0.15) is 0 Å². The summed E-state index contributed by atoms with van der Waals surface area (Å²) in [4.78, 5) is 17.9. The number of carbonyl (C=O) groups excluding carboxylic acids is 1. The fourth-order valence-electron chi connectivity index (χ4n) is 3.09. The van der Waals surface area contributed by atoms with E-state index in [1.54, 1.807) is 6.92 Å². The van der Waals surface area contributed by atoms with E-state index in [2.05, 4.69) is 10.3 Å². The van der Waals surface area contributed by atoms with Crippen LogP contribution < -0.4 is 5.32 Å². The molecule has 0 spiro atoms. The van der Waals surface area contributed by atoms with Crippen LogP contribution in [0.3, 0.4) is 0 Å². The van der Waals surface area contributed by atoms with Gasteiger partial charge < -0.3 is 5.32 Å². The first kappa shape index (κ1) is 18.3. The lowest BCUT2D eigenvalue weighted by Gasteiger charge is -2.15. The molecule has 0 fully saturated rings. The van der Waals surface area contributed by atoms with Gasteiger partial charge >= 0.3 is 0 Å². The lowest BCUT2D eigenvalue weighted by atomic mass is 10.1. The fourth-order valence-corrected chi connectivity index (χ4v) is 3.96. The average Bonchev–Trinajstić information content (AvgIpc) is 3.24. The molecule has 0 saturated heterocycles. The summed E-state index contributed by atoms with van der Waals surface area (Å²) in [5.41, 5.74) is 2.91. The number of nitrogens with one attached hydrogen (secondary N) is 1. The quantitative estimate of drug-likeness (QED) is 0.528. The number of amides is 1. The van der Waals surface area contributed by atoms with Crippen molar-refractivity contribution in [3.63, 3.8) is 0 Å². The summed E-state index contributed by atoms with van der Waals surface area (Å²) in [5, 5.41) is 4.66. The topological polar surface area (TPSA) is 46.4 Å². The van der Waals surface area contributed by atoms with E-state index in [1.165, 1.54) is 23.5 Å². The molecule has 0 aliphatic carbocycles. The van der Waals surface area contributed by atoms with Crippen molar-refractivity contribution < 1.29 is 13.6 Å². The van der Waals surface area contributed by atoms with E-state index in [-0.39, 0.29) is 17.9 Å². The predicted octanol–water partition coefficient (Wildman–Crippen LogP) is 4.76. The molecular weight excluding hydrogens is 380 g/mol. The van der Waals surface area contributed by atoms with Crippen LogP contribution in [0.4, 0.5) is 8.78 Å². The first-order valence-electron chi connectivity index (χ1n) is 8.76. The van der Waals surface area contributed by atoms with Crippen molar-refractivity contribution >= 4 is 22.2 Å². The van der Waals surface area contributed by atoms with Gasteiger partial charge in [-0.05, 0) is 13.0 Å². The molecule has 0 radical (unpaired) electrons. The van der Waals surface area contributed by atoms with Gasteiger partial charge in [-0.1, -0.05) is 36.4 Å². The number of fused-ring (bicyclic) bond motifs is 1. The van der Waals surface area contributed by atoms with E-state index in [0.29, 0.717) is 0 Å². The molecule has 7 heteroatoms. The van der Waals surface area contributed by atoms with Crippen molar-refractivity contribution in [2.75, 3.05) is 0 Å². The van der Waals surface area contributed by atoms with E-state index in [4.69, 9.17) is 0 Å². The number of carbonyl (C=O) groups is 1. The van der Waals surface area contributed by atoms with E-state index >= 15 is 0 Å². The summed E-state index contributed by atoms with van der Waals surface area (Å²) in [6.45, 7) is 1.67. The van der Waals surface area contributed by atoms with Crippen LogP contribution in [0.2, 0.25) is 0 Å². The number of hydrogen-bond acceptors (Lipinski definition) is 3. The second-order valence-corrected chi connectivity index (χ2v) is 7.34. The fraction of sp³-hybridized carbons (Fsp3) is 0.143. The zero-order chi connectivity index (χ0) is 19.7. The number of nitrogens with zero attached hydrogens (tertiary/aromatic N) is 2. The van der Waals surface area contributed by atoms with Crippen molar-refractivity contribution in [2.24, 2.45) is 0 Å². The minimum Gasteiger partial charge on any atom is -0.349 e. The van der Waals surface area contributed by atoms with Crippen LogP contribution in [0.1, 0.15) is 24.2 Å². The van der Waals surface area contributed by atoms with Crippen LogP contribution in [0.5, 0.6) is 0 Å². The van der Waals surface area contributed by atoms with Gasteiger partial charge in [0.25, 0.3) is 0 Å². The summed E-state index contributed by atoms with van der Waals surface area (Å²) in [7, 11) is 0. The molecule has 2 aromatic carbocycles. The highest BCUT2D eigenvalue weighted by Gasteiger charge is 2.17. The number of halogens is 2. The zero-order valence-corrected chi connectivity index (χ0v) is 15.8. The molecule has 28 heavy (non-hydrogen) atoms. The molecule has 1 amide bonds. The lowest BCUT2D eigenvalue weighted by Crippen LogP contribution is -2.29. The Bertz CT molecular complexity index is 1140. The number of rotatable bonds is 5. The average molecular weight is 397 g/mol. The molecule has 0 aliphatic rings. The maximum Gasteiger partial charge on any atom is 0.226 e. The Hall–Kier alpha value is -3.06. The van der Waals surface area contributed by atoms with Gasteiger partial charge in [0.1, 0.15) is 11.6 Å². The van der Waals surface area contributed by atoms with Crippen LogP contribution >= 0.6 is 11.3 Å². The largest absolute Gasteiger partial charge is 0.349 e. The summed E-state index contributed by atoms with van der Waals surface area (Å²) in [6.07, 6.45) is 2.05. The zero-order valence-electron chi connectivity index (χ0n) is 15.0. The summed E-state index contributed by atoms with van der Waals surface area (Å²) in [6, 6.07) is 12.6. The summed E-state index contributed by atoms with van der Waals surface area (Å²) >= 11 is 1.46. The highest BCUT2D eigenvalue weighted by molar-refractivity contribution is 7.15. The maximum absolute atomic E-state index is 13.9. The lowest BCUT2D eigenvalue weighted by molar-refractivity contribution is -0.121. The van der Waals surface area contributed by atoms with Crippen molar-refractivity contribution in [1.29, 1.82) is 0 Å². The molecule has 1 N–H and O–H groups in total. The number of imidazole rings is 1. The van der Waals surface area contributed by atoms with E-state index in [0.717, 1.165) is 28.0 Å². The third-order valence-corrected chi connectivity index (χ3v) is 5.39. The summed E-state index contributed by atoms with van der Waals surface area (Å²) < 4.78 is 28.9. The second kappa shape index (κ2) is 7.52. The molecule has 2 heterocycles. The standard InChI is InChI=1S/C21H17F2N3OS/c1-13(17-8-7-15(22)9-18(17)23)24-20(27)10-16-12-28-21-25-19(11-26(16)21)14-5-3-2-4-6-14/h2-9,11-13H,10H2,1H3,(H,24,27). The minimum atomic E-state index is -0.673. The van der Waals surface area contributed by atoms with Gasteiger partial charge in [0.15, 0.2) is 4.96 Å². The number of thiazole rings is 1. The molecule has 4 rings (SSSR count). The second-order valence-electron chi connectivity index (χ2n) is 6.50. The van der Waals surface area contributed by atoms with Crippen LogP contribution in [-0.4, -0.2) is 15.3 Å². The summed E-state index contributed by atoms with van der Waals surface area (Å²) in [5.74, 6) is -1.56. The van der Waals surface area contributed by atoms with Crippen molar-refractivity contribution in [3.8, 4) is 11.3 Å². The number of aromatic nitrogens is 2. The van der Waals surface area contributed by atoms with Crippen LogP contribution in [-0.2, 0) is 11.2 Å². The monoisotopic (exact) mass is 397 g/mol. The van der Waals surface area contributed by atoms with Gasteiger partial charge in [0, 0.05) is 34.5 Å². The third-order valence-electron chi connectivity index (χ3n) is 4.50. The molecule has 1 atom stereocenters. The van der Waals surface area contributed by atoms with Crippen molar-refractivity contribution in [2.45, 2.75) is 19.4 Å². The highest BCUT2D eigenvalue weighted by Crippen LogP contribution is 2.24. The molecule has 0 bridgehead atoms. The molecule has 4 nitrogen and oxygen atoms in total.